The first kappa shape index (κ1) is 20.2. The van der Waals surface area contributed by atoms with E-state index >= 15 is 0 Å². The monoisotopic (exact) mass is 412 g/mol. The molecule has 1 fully saturated rings. The molecule has 0 aromatic heterocycles. The highest BCUT2D eigenvalue weighted by atomic mass is 32.2. The number of thioether (sulfide) groups is 2. The Hall–Kier alpha value is -2.56. The number of benzene rings is 2. The van der Waals surface area contributed by atoms with Crippen molar-refractivity contribution in [2.24, 2.45) is 5.10 Å². The van der Waals surface area contributed by atoms with Crippen molar-refractivity contribution >= 4 is 35.6 Å². The molecular weight excluding hydrogens is 392 g/mol. The van der Waals surface area contributed by atoms with Crippen LogP contribution in [0.3, 0.4) is 0 Å². The van der Waals surface area contributed by atoms with E-state index in [9.17, 15) is 4.79 Å². The third-order valence-electron chi connectivity index (χ3n) is 3.75. The standard InChI is InChI=1S/C21H20N2O3S2/c1-2-11-25-18-7-3-16(4-8-18)14-22-23-20(24)15-26-19-9-5-17(6-10-19)21-27-12-13-28-21/h1,3-10,14,21H,11-13,15H2,(H,23,24)/b22-14-. The number of nitrogens with one attached hydrogen (secondary N) is 1. The number of terminal acetylenes is 1. The number of hydrogen-bond acceptors (Lipinski definition) is 6. The van der Waals surface area contributed by atoms with Gasteiger partial charge in [-0.25, -0.2) is 5.43 Å². The molecule has 1 N–H and O–H groups in total. The van der Waals surface area contributed by atoms with Gasteiger partial charge in [-0.15, -0.1) is 29.9 Å². The first-order valence-electron chi connectivity index (χ1n) is 8.69. The average molecular weight is 413 g/mol. The lowest BCUT2D eigenvalue weighted by Crippen LogP contribution is -2.24. The van der Waals surface area contributed by atoms with E-state index in [2.05, 4.69) is 28.6 Å². The lowest BCUT2D eigenvalue weighted by atomic mass is 10.2. The summed E-state index contributed by atoms with van der Waals surface area (Å²) in [7, 11) is 0. The second-order valence-corrected chi connectivity index (χ2v) is 8.51. The van der Waals surface area contributed by atoms with Crippen molar-refractivity contribution < 1.29 is 14.3 Å². The highest BCUT2D eigenvalue weighted by Gasteiger charge is 2.17. The van der Waals surface area contributed by atoms with E-state index < -0.39 is 0 Å². The van der Waals surface area contributed by atoms with Gasteiger partial charge in [0.05, 0.1) is 10.8 Å². The molecule has 7 heteroatoms. The molecule has 0 bridgehead atoms. The second-order valence-electron chi connectivity index (χ2n) is 5.79. The summed E-state index contributed by atoms with van der Waals surface area (Å²) in [5, 5.41) is 3.93. The zero-order valence-corrected chi connectivity index (χ0v) is 16.8. The highest BCUT2D eigenvalue weighted by Crippen LogP contribution is 2.45. The number of hydrazone groups is 1. The molecule has 0 radical (unpaired) electrons. The minimum absolute atomic E-state index is 0.0948. The number of carbonyl (C=O) groups excluding carboxylic acids is 1. The van der Waals surface area contributed by atoms with Crippen molar-refractivity contribution in [2.75, 3.05) is 24.7 Å². The van der Waals surface area contributed by atoms with Crippen LogP contribution in [0.2, 0.25) is 0 Å². The first-order chi connectivity index (χ1) is 13.7. The van der Waals surface area contributed by atoms with Crippen LogP contribution in [-0.2, 0) is 4.79 Å². The Kier molecular flexibility index (Phi) is 7.71. The highest BCUT2D eigenvalue weighted by molar-refractivity contribution is 8.19. The van der Waals surface area contributed by atoms with Crippen molar-refractivity contribution in [2.45, 2.75) is 4.58 Å². The Morgan fingerprint density at radius 2 is 1.75 bits per heavy atom. The van der Waals surface area contributed by atoms with Gasteiger partial charge in [0, 0.05) is 11.5 Å². The van der Waals surface area contributed by atoms with Crippen LogP contribution in [-0.4, -0.2) is 36.8 Å². The van der Waals surface area contributed by atoms with E-state index in [1.54, 1.807) is 18.3 Å². The number of ether oxygens (including phenoxy) is 2. The molecule has 1 aliphatic rings. The number of amides is 1. The van der Waals surface area contributed by atoms with E-state index in [0.29, 0.717) is 16.1 Å². The molecule has 1 amide bonds. The van der Waals surface area contributed by atoms with Gasteiger partial charge in [-0.05, 0) is 47.5 Å². The molecule has 0 spiro atoms. The fourth-order valence-corrected chi connectivity index (χ4v) is 5.27. The SMILES string of the molecule is C#CCOc1ccc(/C=N\NC(=O)COc2ccc(C3SCCS3)cc2)cc1. The molecule has 5 nitrogen and oxygen atoms in total. The van der Waals surface area contributed by atoms with Crippen LogP contribution in [0.5, 0.6) is 11.5 Å². The maximum absolute atomic E-state index is 11.9. The Bertz CT molecular complexity index is 839. The summed E-state index contributed by atoms with van der Waals surface area (Å²) in [5.41, 5.74) is 4.56. The molecular formula is C21H20N2O3S2. The second kappa shape index (κ2) is 10.7. The van der Waals surface area contributed by atoms with Gasteiger partial charge < -0.3 is 9.47 Å². The fourth-order valence-electron chi connectivity index (χ4n) is 2.41. The zero-order valence-electron chi connectivity index (χ0n) is 15.2. The average Bonchev–Trinajstić information content (AvgIpc) is 3.27. The molecule has 0 unspecified atom stereocenters. The molecule has 2 aromatic carbocycles. The summed E-state index contributed by atoms with van der Waals surface area (Å²) >= 11 is 3.92. The number of nitrogens with zero attached hydrogens (tertiary/aromatic N) is 1. The molecule has 144 valence electrons. The lowest BCUT2D eigenvalue weighted by Gasteiger charge is -2.10. The summed E-state index contributed by atoms with van der Waals surface area (Å²) in [6.07, 6.45) is 6.70. The molecule has 28 heavy (non-hydrogen) atoms. The van der Waals surface area contributed by atoms with Gasteiger partial charge in [-0.1, -0.05) is 18.1 Å². The van der Waals surface area contributed by atoms with Gasteiger partial charge in [-0.2, -0.15) is 5.10 Å². The summed E-state index contributed by atoms with van der Waals surface area (Å²) in [6.45, 7) is 0.132. The number of carbonyl (C=O) groups is 1. The molecule has 0 aliphatic carbocycles. The van der Waals surface area contributed by atoms with Crippen molar-refractivity contribution in [3.05, 3.63) is 59.7 Å². The van der Waals surface area contributed by atoms with Crippen molar-refractivity contribution in [1.82, 2.24) is 5.43 Å². The topological polar surface area (TPSA) is 59.9 Å². The van der Waals surface area contributed by atoms with Crippen LogP contribution in [0.4, 0.5) is 0 Å². The Labute approximate surface area is 173 Å². The predicted molar refractivity (Wildman–Crippen MR) is 116 cm³/mol. The molecule has 0 atom stereocenters. The van der Waals surface area contributed by atoms with E-state index in [4.69, 9.17) is 15.9 Å². The quantitative estimate of drug-likeness (QED) is 0.407. The van der Waals surface area contributed by atoms with Crippen molar-refractivity contribution in [3.63, 3.8) is 0 Å². The molecule has 1 saturated heterocycles. The third-order valence-corrected chi connectivity index (χ3v) is 6.85. The normalized spacial score (nSPS) is 14.0. The minimum atomic E-state index is -0.323. The minimum Gasteiger partial charge on any atom is -0.484 e. The van der Waals surface area contributed by atoms with Gasteiger partial charge in [0.25, 0.3) is 5.91 Å². The molecule has 1 heterocycles. The molecule has 2 aromatic rings. The van der Waals surface area contributed by atoms with Crippen LogP contribution in [0.1, 0.15) is 15.7 Å². The van der Waals surface area contributed by atoms with Crippen LogP contribution in [0, 0.1) is 12.3 Å². The van der Waals surface area contributed by atoms with Crippen LogP contribution in [0.25, 0.3) is 0 Å². The molecule has 3 rings (SSSR count). The summed E-state index contributed by atoms with van der Waals surface area (Å²) in [4.78, 5) is 11.9. The van der Waals surface area contributed by atoms with Gasteiger partial charge >= 0.3 is 0 Å². The summed E-state index contributed by atoms with van der Waals surface area (Å²) in [5.74, 6) is 5.82. The van der Waals surface area contributed by atoms with E-state index in [1.165, 1.54) is 17.1 Å². The number of hydrogen-bond donors (Lipinski definition) is 1. The lowest BCUT2D eigenvalue weighted by molar-refractivity contribution is -0.123. The Balaban J connectivity index is 1.40. The van der Waals surface area contributed by atoms with E-state index in [1.807, 2.05) is 47.8 Å². The maximum Gasteiger partial charge on any atom is 0.277 e. The van der Waals surface area contributed by atoms with Crippen molar-refractivity contribution in [3.8, 4) is 23.8 Å². The van der Waals surface area contributed by atoms with Crippen LogP contribution >= 0.6 is 23.5 Å². The predicted octanol–water partition coefficient (Wildman–Crippen LogP) is 3.71. The molecule has 1 aliphatic heterocycles. The van der Waals surface area contributed by atoms with Gasteiger partial charge in [0.15, 0.2) is 6.61 Å². The fraction of sp³-hybridized carbons (Fsp3) is 0.238. The van der Waals surface area contributed by atoms with Gasteiger partial charge in [0.2, 0.25) is 0 Å². The first-order valence-corrected chi connectivity index (χ1v) is 10.8. The van der Waals surface area contributed by atoms with Crippen LogP contribution < -0.4 is 14.9 Å². The van der Waals surface area contributed by atoms with Gasteiger partial charge in [0.1, 0.15) is 18.1 Å². The third kappa shape index (κ3) is 6.25. The van der Waals surface area contributed by atoms with Gasteiger partial charge in [-0.3, -0.25) is 4.79 Å². The Morgan fingerprint density at radius 1 is 1.11 bits per heavy atom. The van der Waals surface area contributed by atoms with Crippen molar-refractivity contribution in [1.29, 1.82) is 0 Å². The van der Waals surface area contributed by atoms with Crippen LogP contribution in [0.15, 0.2) is 53.6 Å². The Morgan fingerprint density at radius 3 is 2.43 bits per heavy atom. The molecule has 0 saturated carbocycles. The summed E-state index contributed by atoms with van der Waals surface area (Å²) in [6, 6.07) is 15.1. The maximum atomic E-state index is 11.9. The number of rotatable bonds is 8. The zero-order chi connectivity index (χ0) is 19.6. The largest absolute Gasteiger partial charge is 0.484 e. The smallest absolute Gasteiger partial charge is 0.277 e. The van der Waals surface area contributed by atoms with E-state index in [-0.39, 0.29) is 19.1 Å². The summed E-state index contributed by atoms with van der Waals surface area (Å²) < 4.78 is 11.3. The van der Waals surface area contributed by atoms with E-state index in [0.717, 1.165) is 5.56 Å².